The van der Waals surface area contributed by atoms with Crippen molar-refractivity contribution in [2.45, 2.75) is 96.5 Å². The zero-order chi connectivity index (χ0) is 30.3. The predicted molar refractivity (Wildman–Crippen MR) is 160 cm³/mol. The minimum atomic E-state index is -0.972. The molecule has 0 aromatic heterocycles. The van der Waals surface area contributed by atoms with E-state index in [4.69, 9.17) is 0 Å². The van der Waals surface area contributed by atoms with Crippen molar-refractivity contribution in [3.05, 3.63) is 0 Å². The molecule has 0 aromatic rings. The van der Waals surface area contributed by atoms with Gasteiger partial charge in [0.05, 0.1) is 25.7 Å². The first-order chi connectivity index (χ1) is 19.7. The van der Waals surface area contributed by atoms with Gasteiger partial charge < -0.3 is 20.4 Å². The molecule has 0 aromatic carbocycles. The third-order valence-corrected chi connectivity index (χ3v) is 7.87. The molecule has 4 N–H and O–H groups in total. The van der Waals surface area contributed by atoms with E-state index in [2.05, 4.69) is 11.8 Å². The summed E-state index contributed by atoms with van der Waals surface area (Å²) in [6.07, 6.45) is 15.4. The number of nitrogens with zero attached hydrogens (tertiary/aromatic N) is 4. The van der Waals surface area contributed by atoms with Crippen molar-refractivity contribution in [2.24, 2.45) is 0 Å². The van der Waals surface area contributed by atoms with Crippen molar-refractivity contribution in [1.29, 1.82) is 0 Å². The summed E-state index contributed by atoms with van der Waals surface area (Å²) >= 11 is 0. The second kappa shape index (κ2) is 23.7. The van der Waals surface area contributed by atoms with Crippen LogP contribution < -0.4 is 0 Å². The van der Waals surface area contributed by atoms with Crippen LogP contribution in [-0.2, 0) is 14.4 Å². The first-order valence-corrected chi connectivity index (χ1v) is 15.9. The lowest BCUT2D eigenvalue weighted by atomic mass is 10.0. The van der Waals surface area contributed by atoms with Gasteiger partial charge in [-0.2, -0.15) is 0 Å². The summed E-state index contributed by atoms with van der Waals surface area (Å²) in [5.74, 6) is -2.85. The van der Waals surface area contributed by atoms with Gasteiger partial charge in [-0.3, -0.25) is 34.0 Å². The Hall–Kier alpha value is -1.79. The topological polar surface area (TPSA) is 145 Å². The molecular weight excluding hydrogens is 528 g/mol. The summed E-state index contributed by atoms with van der Waals surface area (Å²) in [4.78, 5) is 41.6. The van der Waals surface area contributed by atoms with E-state index in [9.17, 15) is 34.8 Å². The number of carbonyl (C=O) groups is 3. The molecule has 1 fully saturated rings. The molecule has 1 unspecified atom stereocenters. The van der Waals surface area contributed by atoms with Gasteiger partial charge in [0.2, 0.25) is 0 Å². The van der Waals surface area contributed by atoms with Gasteiger partial charge in [-0.15, -0.1) is 0 Å². The second-order valence-electron chi connectivity index (χ2n) is 11.6. The highest BCUT2D eigenvalue weighted by Gasteiger charge is 2.21. The maximum atomic E-state index is 11.4. The lowest BCUT2D eigenvalue weighted by molar-refractivity contribution is -0.140. The summed E-state index contributed by atoms with van der Waals surface area (Å²) in [6, 6.07) is 0. The van der Waals surface area contributed by atoms with Crippen molar-refractivity contribution >= 4 is 17.9 Å². The Morgan fingerprint density at radius 2 is 0.805 bits per heavy atom. The molecule has 0 saturated carbocycles. The first-order valence-electron chi connectivity index (χ1n) is 15.9. The molecule has 0 radical (unpaired) electrons. The average Bonchev–Trinajstić information content (AvgIpc) is 2.90. The van der Waals surface area contributed by atoms with Crippen molar-refractivity contribution in [2.75, 3.05) is 78.5 Å². The Labute approximate surface area is 247 Å². The number of aliphatic carboxylic acids is 3. The summed E-state index contributed by atoms with van der Waals surface area (Å²) < 4.78 is 0. The average molecular weight is 587 g/mol. The third kappa shape index (κ3) is 21.6. The maximum absolute atomic E-state index is 11.4. The Morgan fingerprint density at radius 3 is 1.12 bits per heavy atom. The Balaban J connectivity index is 2.53. The van der Waals surface area contributed by atoms with Gasteiger partial charge in [0, 0.05) is 58.9 Å². The number of carboxylic acid groups (broad SMARTS) is 3. The fraction of sp³-hybridized carbons (Fsp3) is 0.900. The molecule has 1 rings (SSSR count). The molecule has 11 nitrogen and oxygen atoms in total. The quantitative estimate of drug-likeness (QED) is 0.147. The monoisotopic (exact) mass is 586 g/mol. The van der Waals surface area contributed by atoms with Crippen molar-refractivity contribution < 1.29 is 34.8 Å². The zero-order valence-electron chi connectivity index (χ0n) is 25.6. The summed E-state index contributed by atoms with van der Waals surface area (Å²) in [7, 11) is 0. The van der Waals surface area contributed by atoms with Gasteiger partial charge in [0.15, 0.2) is 0 Å². The van der Waals surface area contributed by atoms with E-state index >= 15 is 0 Å². The number of aliphatic hydroxyl groups is 1. The Morgan fingerprint density at radius 1 is 0.512 bits per heavy atom. The van der Waals surface area contributed by atoms with Gasteiger partial charge in [0.25, 0.3) is 0 Å². The van der Waals surface area contributed by atoms with Crippen LogP contribution in [0.4, 0.5) is 0 Å². The molecule has 240 valence electrons. The van der Waals surface area contributed by atoms with Gasteiger partial charge >= 0.3 is 17.9 Å². The maximum Gasteiger partial charge on any atom is 0.317 e. The third-order valence-electron chi connectivity index (χ3n) is 7.87. The minimum Gasteiger partial charge on any atom is -0.480 e. The van der Waals surface area contributed by atoms with E-state index in [1.54, 1.807) is 14.7 Å². The van der Waals surface area contributed by atoms with E-state index in [-0.39, 0.29) is 19.6 Å². The first kappa shape index (κ1) is 37.2. The number of rotatable bonds is 21. The van der Waals surface area contributed by atoms with E-state index in [1.165, 1.54) is 64.2 Å². The van der Waals surface area contributed by atoms with Crippen molar-refractivity contribution in [3.8, 4) is 0 Å². The number of β-amino-alcohol motifs (C(OH)–C–C–N with tert-alkyl or cyclic N) is 1. The molecule has 1 aliphatic heterocycles. The van der Waals surface area contributed by atoms with E-state index in [1.807, 2.05) is 0 Å². The summed E-state index contributed by atoms with van der Waals surface area (Å²) in [5.41, 5.74) is 0. The minimum absolute atomic E-state index is 0.138. The highest BCUT2D eigenvalue weighted by atomic mass is 16.4. The Bertz CT molecular complexity index is 680. The van der Waals surface area contributed by atoms with Crippen LogP contribution in [0.3, 0.4) is 0 Å². The molecule has 0 amide bonds. The number of hydrogen-bond acceptors (Lipinski definition) is 8. The molecule has 1 saturated heterocycles. The van der Waals surface area contributed by atoms with Crippen LogP contribution in [0.25, 0.3) is 0 Å². The number of unbranched alkanes of at least 4 members (excludes halogenated alkanes) is 11. The normalized spacial score (nSPS) is 18.0. The van der Waals surface area contributed by atoms with Crippen LogP contribution in [0.15, 0.2) is 0 Å². The van der Waals surface area contributed by atoms with Crippen molar-refractivity contribution in [1.82, 2.24) is 19.6 Å². The lowest BCUT2D eigenvalue weighted by Crippen LogP contribution is -2.49. The van der Waals surface area contributed by atoms with Gasteiger partial charge in [-0.25, -0.2) is 0 Å². The molecule has 0 bridgehead atoms. The highest BCUT2D eigenvalue weighted by molar-refractivity contribution is 5.69. The second-order valence-corrected chi connectivity index (χ2v) is 11.6. The molecule has 41 heavy (non-hydrogen) atoms. The smallest absolute Gasteiger partial charge is 0.317 e. The molecule has 1 heterocycles. The lowest BCUT2D eigenvalue weighted by Gasteiger charge is -2.33. The molecule has 0 aliphatic carbocycles. The van der Waals surface area contributed by atoms with E-state index in [0.717, 1.165) is 19.3 Å². The summed E-state index contributed by atoms with van der Waals surface area (Å²) in [6.45, 7) is 5.83. The molecule has 11 heteroatoms. The van der Waals surface area contributed by atoms with Crippen LogP contribution in [0.5, 0.6) is 0 Å². The zero-order valence-corrected chi connectivity index (χ0v) is 25.6. The number of carboxylic acids is 3. The van der Waals surface area contributed by atoms with Crippen LogP contribution >= 0.6 is 0 Å². The molecule has 1 aliphatic rings. The van der Waals surface area contributed by atoms with Gasteiger partial charge in [-0.1, -0.05) is 84.0 Å². The van der Waals surface area contributed by atoms with Crippen LogP contribution in [-0.4, -0.2) is 143 Å². The van der Waals surface area contributed by atoms with Crippen molar-refractivity contribution in [3.63, 3.8) is 0 Å². The number of hydrogen-bond donors (Lipinski definition) is 4. The standard InChI is InChI=1S/C30H58N4O7/c1-2-3-4-5-6-7-8-9-10-11-12-13-14-27(35)23-31-15-17-32(24-28(36)37)19-21-34(26-30(40)41)22-20-33(18-16-31)25-29(38)39/h27,35H,2-26H2,1H3,(H,36,37)(H,38,39)(H,40,41). The largest absolute Gasteiger partial charge is 0.480 e. The molecule has 1 atom stereocenters. The fourth-order valence-electron chi connectivity index (χ4n) is 5.42. The van der Waals surface area contributed by atoms with E-state index < -0.39 is 24.0 Å². The number of aliphatic hydroxyl groups excluding tert-OH is 1. The van der Waals surface area contributed by atoms with Crippen LogP contribution in [0, 0.1) is 0 Å². The predicted octanol–water partition coefficient (Wildman–Crippen LogP) is 2.91. The van der Waals surface area contributed by atoms with Gasteiger partial charge in [0.1, 0.15) is 0 Å². The molecular formula is C30H58N4O7. The SMILES string of the molecule is CCCCCCCCCCCCCCC(O)CN1CCN(CC(=O)O)CCN(CC(=O)O)CCN(CC(=O)O)CC1. The van der Waals surface area contributed by atoms with E-state index in [0.29, 0.717) is 58.9 Å². The highest BCUT2D eigenvalue weighted by Crippen LogP contribution is 2.13. The van der Waals surface area contributed by atoms with Crippen LogP contribution in [0.2, 0.25) is 0 Å². The van der Waals surface area contributed by atoms with Crippen LogP contribution in [0.1, 0.15) is 90.4 Å². The summed E-state index contributed by atoms with van der Waals surface area (Å²) in [5, 5.41) is 38.8. The fourth-order valence-corrected chi connectivity index (χ4v) is 5.42. The molecule has 0 spiro atoms. The van der Waals surface area contributed by atoms with Gasteiger partial charge in [-0.05, 0) is 6.42 Å². The Kier molecular flexibility index (Phi) is 21.6.